The van der Waals surface area contributed by atoms with Gasteiger partial charge in [-0.05, 0) is 18.7 Å². The van der Waals surface area contributed by atoms with Crippen molar-refractivity contribution in [3.05, 3.63) is 23.2 Å². The first-order valence-electron chi connectivity index (χ1n) is 4.08. The lowest BCUT2D eigenvalue weighted by Crippen LogP contribution is -2.01. The van der Waals surface area contributed by atoms with Crippen LogP contribution in [0.4, 0.5) is 0 Å². The fraction of sp³-hybridized carbons (Fsp3) is 0.222. The van der Waals surface area contributed by atoms with E-state index in [4.69, 9.17) is 5.73 Å². The number of phenols is 1. The molecule has 3 nitrogen and oxygen atoms in total. The van der Waals surface area contributed by atoms with Gasteiger partial charge in [0, 0.05) is 6.42 Å². The van der Waals surface area contributed by atoms with Crippen LogP contribution >= 0.6 is 11.3 Å². The van der Waals surface area contributed by atoms with Crippen molar-refractivity contribution in [2.24, 2.45) is 5.73 Å². The minimum Gasteiger partial charge on any atom is -0.506 e. The maximum Gasteiger partial charge on any atom is 0.135 e. The van der Waals surface area contributed by atoms with Crippen LogP contribution in [0.25, 0.3) is 10.2 Å². The molecule has 68 valence electrons. The molecule has 0 amide bonds. The molecule has 0 unspecified atom stereocenters. The van der Waals surface area contributed by atoms with Crippen molar-refractivity contribution < 1.29 is 5.11 Å². The Balaban J connectivity index is 2.55. The van der Waals surface area contributed by atoms with Crippen molar-refractivity contribution in [2.75, 3.05) is 6.54 Å². The Hall–Kier alpha value is -1.13. The summed E-state index contributed by atoms with van der Waals surface area (Å²) in [7, 11) is 0. The number of rotatable bonds is 2. The number of benzene rings is 1. The molecule has 2 aromatic rings. The third-order valence-corrected chi connectivity index (χ3v) is 2.95. The molecular weight excluding hydrogens is 184 g/mol. The average Bonchev–Trinajstić information content (AvgIpc) is 2.49. The molecule has 0 aliphatic heterocycles. The lowest BCUT2D eigenvalue weighted by atomic mass is 10.3. The Morgan fingerprint density at radius 1 is 1.46 bits per heavy atom. The summed E-state index contributed by atoms with van der Waals surface area (Å²) in [6.07, 6.45) is 0.777. The highest BCUT2D eigenvalue weighted by molar-refractivity contribution is 7.19. The number of nitrogens with two attached hydrogens (primary N) is 1. The van der Waals surface area contributed by atoms with E-state index in [1.165, 1.54) is 11.3 Å². The second kappa shape index (κ2) is 3.32. The summed E-state index contributed by atoms with van der Waals surface area (Å²) in [5, 5.41) is 10.5. The molecule has 0 saturated heterocycles. The van der Waals surface area contributed by atoms with Gasteiger partial charge in [-0.15, -0.1) is 11.3 Å². The van der Waals surface area contributed by atoms with Gasteiger partial charge >= 0.3 is 0 Å². The van der Waals surface area contributed by atoms with Crippen LogP contribution in [0.15, 0.2) is 18.2 Å². The van der Waals surface area contributed by atoms with Gasteiger partial charge in [-0.3, -0.25) is 0 Å². The van der Waals surface area contributed by atoms with Crippen LogP contribution in [0.5, 0.6) is 5.75 Å². The van der Waals surface area contributed by atoms with Crippen molar-refractivity contribution in [1.82, 2.24) is 4.98 Å². The van der Waals surface area contributed by atoms with E-state index in [2.05, 4.69) is 4.98 Å². The minimum absolute atomic E-state index is 0.304. The van der Waals surface area contributed by atoms with Gasteiger partial charge in [-0.25, -0.2) is 4.98 Å². The molecule has 0 aliphatic rings. The van der Waals surface area contributed by atoms with Crippen LogP contribution in [0.2, 0.25) is 0 Å². The summed E-state index contributed by atoms with van der Waals surface area (Å²) in [5.74, 6) is 0.304. The van der Waals surface area contributed by atoms with Gasteiger partial charge in [0.05, 0.1) is 15.2 Å². The number of hydrogen-bond acceptors (Lipinski definition) is 4. The van der Waals surface area contributed by atoms with Gasteiger partial charge in [-0.2, -0.15) is 0 Å². The number of hydrogen-bond donors (Lipinski definition) is 2. The number of thiazole rings is 1. The van der Waals surface area contributed by atoms with E-state index in [0.29, 0.717) is 12.3 Å². The predicted octanol–water partition coefficient (Wildman–Crippen LogP) is 1.50. The highest BCUT2D eigenvalue weighted by Gasteiger charge is 2.05. The van der Waals surface area contributed by atoms with Crippen molar-refractivity contribution in [3.63, 3.8) is 0 Å². The van der Waals surface area contributed by atoms with Gasteiger partial charge < -0.3 is 10.8 Å². The molecule has 1 aromatic heterocycles. The maximum absolute atomic E-state index is 9.49. The molecule has 0 fully saturated rings. The van der Waals surface area contributed by atoms with Crippen LogP contribution in [0.3, 0.4) is 0 Å². The molecule has 13 heavy (non-hydrogen) atoms. The first kappa shape index (κ1) is 8.47. The number of nitrogens with zero attached hydrogens (tertiary/aromatic N) is 1. The highest BCUT2D eigenvalue weighted by atomic mass is 32.1. The molecule has 0 spiro atoms. The minimum atomic E-state index is 0.304. The summed E-state index contributed by atoms with van der Waals surface area (Å²) >= 11 is 1.51. The van der Waals surface area contributed by atoms with Gasteiger partial charge in [0.25, 0.3) is 0 Å². The summed E-state index contributed by atoms with van der Waals surface area (Å²) in [6, 6.07) is 5.36. The molecule has 2 rings (SSSR count). The first-order valence-corrected chi connectivity index (χ1v) is 4.90. The molecule has 0 saturated carbocycles. The SMILES string of the molecule is NCCc1nc2cccc(O)c2s1. The van der Waals surface area contributed by atoms with Crippen molar-refractivity contribution in [1.29, 1.82) is 0 Å². The van der Waals surface area contributed by atoms with Gasteiger partial charge in [0.15, 0.2) is 0 Å². The third kappa shape index (κ3) is 1.50. The number of aromatic hydroxyl groups is 1. The molecule has 1 aromatic carbocycles. The van der Waals surface area contributed by atoms with Crippen LogP contribution in [-0.4, -0.2) is 16.6 Å². The maximum atomic E-state index is 9.49. The zero-order chi connectivity index (χ0) is 9.26. The van der Waals surface area contributed by atoms with Gasteiger partial charge in [0.2, 0.25) is 0 Å². The molecule has 0 bridgehead atoms. The van der Waals surface area contributed by atoms with E-state index < -0.39 is 0 Å². The van der Waals surface area contributed by atoms with Crippen molar-refractivity contribution in [3.8, 4) is 5.75 Å². The van der Waals surface area contributed by atoms with Crippen molar-refractivity contribution >= 4 is 21.6 Å². The second-order valence-corrected chi connectivity index (χ2v) is 3.86. The van der Waals surface area contributed by atoms with E-state index in [1.807, 2.05) is 6.07 Å². The molecule has 3 N–H and O–H groups in total. The molecule has 4 heteroatoms. The monoisotopic (exact) mass is 194 g/mol. The predicted molar refractivity (Wildman–Crippen MR) is 54.0 cm³/mol. The number of fused-ring (bicyclic) bond motifs is 1. The first-order chi connectivity index (χ1) is 6.31. The Kier molecular flexibility index (Phi) is 2.16. The lowest BCUT2D eigenvalue weighted by Gasteiger charge is -1.89. The zero-order valence-corrected chi connectivity index (χ0v) is 7.84. The van der Waals surface area contributed by atoms with Crippen molar-refractivity contribution in [2.45, 2.75) is 6.42 Å². The summed E-state index contributed by atoms with van der Waals surface area (Å²) in [4.78, 5) is 4.34. The smallest absolute Gasteiger partial charge is 0.135 e. The van der Waals surface area contributed by atoms with Crippen LogP contribution in [-0.2, 0) is 6.42 Å². The van der Waals surface area contributed by atoms with E-state index in [1.54, 1.807) is 12.1 Å². The largest absolute Gasteiger partial charge is 0.506 e. The van der Waals surface area contributed by atoms with Gasteiger partial charge in [0.1, 0.15) is 5.75 Å². The standard InChI is InChI=1S/C9H10N2OS/c10-5-4-8-11-6-2-1-3-7(12)9(6)13-8/h1-3,12H,4-5,10H2. The second-order valence-electron chi connectivity index (χ2n) is 2.77. The molecule has 0 aliphatic carbocycles. The normalized spacial score (nSPS) is 10.8. The Labute approximate surface area is 79.8 Å². The van der Waals surface area contributed by atoms with E-state index >= 15 is 0 Å². The average molecular weight is 194 g/mol. The van der Waals surface area contributed by atoms with E-state index in [9.17, 15) is 5.11 Å². The Morgan fingerprint density at radius 2 is 2.31 bits per heavy atom. The van der Waals surface area contributed by atoms with Gasteiger partial charge in [-0.1, -0.05) is 6.07 Å². The fourth-order valence-electron chi connectivity index (χ4n) is 1.21. The quantitative estimate of drug-likeness (QED) is 0.761. The summed E-state index contributed by atoms with van der Waals surface area (Å²) in [6.45, 7) is 0.598. The topological polar surface area (TPSA) is 59.1 Å². The lowest BCUT2D eigenvalue weighted by molar-refractivity contribution is 0.482. The van der Waals surface area contributed by atoms with E-state index in [-0.39, 0.29) is 0 Å². The zero-order valence-electron chi connectivity index (χ0n) is 7.03. The highest BCUT2D eigenvalue weighted by Crippen LogP contribution is 2.29. The van der Waals surface area contributed by atoms with Crippen LogP contribution < -0.4 is 5.73 Å². The summed E-state index contributed by atoms with van der Waals surface area (Å²) in [5.41, 5.74) is 6.28. The molecular formula is C9H10N2OS. The Bertz CT molecular complexity index is 424. The fourth-order valence-corrected chi connectivity index (χ4v) is 2.20. The molecule has 0 atom stereocenters. The number of phenolic OH excluding ortho intramolecular Hbond substituents is 1. The Morgan fingerprint density at radius 3 is 3.00 bits per heavy atom. The van der Waals surface area contributed by atoms with Crippen LogP contribution in [0.1, 0.15) is 5.01 Å². The number of aromatic nitrogens is 1. The molecule has 1 heterocycles. The third-order valence-electron chi connectivity index (χ3n) is 1.80. The van der Waals surface area contributed by atoms with E-state index in [0.717, 1.165) is 21.6 Å². The summed E-state index contributed by atoms with van der Waals surface area (Å²) < 4.78 is 0.853. The molecule has 0 radical (unpaired) electrons. The van der Waals surface area contributed by atoms with Crippen LogP contribution in [0, 0.1) is 0 Å².